The summed E-state index contributed by atoms with van der Waals surface area (Å²) in [5, 5.41) is 53.1. The topological polar surface area (TPSA) is 156 Å². The fraction of sp³-hybridized carbons (Fsp3) is 0.750. The van der Waals surface area contributed by atoms with Crippen molar-refractivity contribution in [3.8, 4) is 0 Å². The Morgan fingerprint density at radius 2 is 1.44 bits per heavy atom. The molecule has 0 unspecified atom stereocenters. The van der Waals surface area contributed by atoms with E-state index >= 15 is 0 Å². The van der Waals surface area contributed by atoms with Gasteiger partial charge in [-0.15, -0.1) is 0 Å². The maximum Gasteiger partial charge on any atom is 0.231 e. The number of ketones is 2. The van der Waals surface area contributed by atoms with E-state index in [1.165, 1.54) is 0 Å². The number of aliphatic hydroxyl groups excluding tert-OH is 6. The Kier molecular flexibility index (Phi) is 6.26. The fourth-order valence-corrected chi connectivity index (χ4v) is 0.920. The molecule has 6 N–H and O–H groups in total. The fourth-order valence-electron chi connectivity index (χ4n) is 0.920. The second-order valence-corrected chi connectivity index (χ2v) is 3.12. The van der Waals surface area contributed by atoms with E-state index in [4.69, 9.17) is 25.5 Å². The van der Waals surface area contributed by atoms with Gasteiger partial charge in [-0.05, 0) is 0 Å². The molecule has 0 aliphatic carbocycles. The molecule has 8 heteroatoms. The van der Waals surface area contributed by atoms with Crippen molar-refractivity contribution in [2.75, 3.05) is 13.2 Å². The highest BCUT2D eigenvalue weighted by atomic mass is 16.4. The van der Waals surface area contributed by atoms with Crippen LogP contribution in [-0.4, -0.2) is 79.8 Å². The summed E-state index contributed by atoms with van der Waals surface area (Å²) in [5.41, 5.74) is 0. The molecule has 0 aromatic carbocycles. The van der Waals surface area contributed by atoms with Crippen LogP contribution in [0, 0.1) is 0 Å². The molecular formula is C8H14O8. The maximum atomic E-state index is 11.0. The first-order valence-electron chi connectivity index (χ1n) is 4.37. The van der Waals surface area contributed by atoms with Gasteiger partial charge in [0, 0.05) is 0 Å². The molecule has 0 aliphatic rings. The number of aliphatic hydroxyl groups is 6. The van der Waals surface area contributed by atoms with E-state index in [1.54, 1.807) is 0 Å². The van der Waals surface area contributed by atoms with Gasteiger partial charge in [-0.1, -0.05) is 0 Å². The third kappa shape index (κ3) is 3.59. The standard InChI is InChI=1S/C8H14O8/c9-1-3(11)5(13)7(15)8(16)6(14)4(12)2-10/h3,5,7-11,13,15-16H,1-2H2/t3-,5-,7+,8+/m1/s1. The summed E-state index contributed by atoms with van der Waals surface area (Å²) < 4.78 is 0. The van der Waals surface area contributed by atoms with Crippen LogP contribution in [0.2, 0.25) is 0 Å². The van der Waals surface area contributed by atoms with Crippen molar-refractivity contribution in [3.05, 3.63) is 0 Å². The minimum atomic E-state index is -2.27. The zero-order valence-corrected chi connectivity index (χ0v) is 8.22. The van der Waals surface area contributed by atoms with Gasteiger partial charge in [-0.25, -0.2) is 0 Å². The zero-order chi connectivity index (χ0) is 12.9. The minimum absolute atomic E-state index is 0.896. The molecule has 0 aromatic rings. The lowest BCUT2D eigenvalue weighted by atomic mass is 9.99. The molecule has 0 saturated carbocycles. The van der Waals surface area contributed by atoms with Crippen molar-refractivity contribution in [1.82, 2.24) is 0 Å². The molecular weight excluding hydrogens is 224 g/mol. The third-order valence-electron chi connectivity index (χ3n) is 1.94. The first-order chi connectivity index (χ1) is 7.36. The van der Waals surface area contributed by atoms with E-state index in [2.05, 4.69) is 0 Å². The maximum absolute atomic E-state index is 11.0. The number of rotatable bonds is 7. The molecule has 0 fully saturated rings. The number of hydrogen-bond donors (Lipinski definition) is 6. The zero-order valence-electron chi connectivity index (χ0n) is 8.22. The highest BCUT2D eigenvalue weighted by Gasteiger charge is 2.36. The third-order valence-corrected chi connectivity index (χ3v) is 1.94. The van der Waals surface area contributed by atoms with Crippen molar-refractivity contribution in [1.29, 1.82) is 0 Å². The van der Waals surface area contributed by atoms with Crippen molar-refractivity contribution in [2.24, 2.45) is 0 Å². The lowest BCUT2D eigenvalue weighted by Gasteiger charge is -2.24. The molecule has 8 nitrogen and oxygen atoms in total. The van der Waals surface area contributed by atoms with Gasteiger partial charge in [0.25, 0.3) is 0 Å². The first-order valence-corrected chi connectivity index (χ1v) is 4.37. The predicted molar refractivity (Wildman–Crippen MR) is 48.2 cm³/mol. The van der Waals surface area contributed by atoms with Gasteiger partial charge < -0.3 is 30.6 Å². The van der Waals surface area contributed by atoms with Gasteiger partial charge in [0.1, 0.15) is 31.0 Å². The summed E-state index contributed by atoms with van der Waals surface area (Å²) >= 11 is 0. The Balaban J connectivity index is 4.54. The van der Waals surface area contributed by atoms with E-state index in [1.807, 2.05) is 0 Å². The van der Waals surface area contributed by atoms with E-state index in [-0.39, 0.29) is 0 Å². The molecule has 0 radical (unpaired) electrons. The average Bonchev–Trinajstić information content (AvgIpc) is 2.32. The van der Waals surface area contributed by atoms with E-state index in [0.717, 1.165) is 0 Å². The summed E-state index contributed by atoms with van der Waals surface area (Å²) in [4.78, 5) is 21.6. The Hall–Kier alpha value is -0.900. The van der Waals surface area contributed by atoms with Crippen molar-refractivity contribution >= 4 is 11.6 Å². The van der Waals surface area contributed by atoms with Crippen LogP contribution in [0.3, 0.4) is 0 Å². The molecule has 0 amide bonds. The summed E-state index contributed by atoms with van der Waals surface area (Å²) in [6, 6.07) is 0. The second kappa shape index (κ2) is 6.63. The summed E-state index contributed by atoms with van der Waals surface area (Å²) in [5.74, 6) is -2.82. The lowest BCUT2D eigenvalue weighted by molar-refractivity contribution is -0.155. The molecule has 94 valence electrons. The second-order valence-electron chi connectivity index (χ2n) is 3.12. The molecule has 4 atom stereocenters. The smallest absolute Gasteiger partial charge is 0.231 e. The summed E-state index contributed by atoms with van der Waals surface area (Å²) in [7, 11) is 0. The van der Waals surface area contributed by atoms with Gasteiger partial charge in [-0.2, -0.15) is 0 Å². The van der Waals surface area contributed by atoms with Crippen molar-refractivity contribution < 1.29 is 40.2 Å². The van der Waals surface area contributed by atoms with E-state index in [9.17, 15) is 14.7 Å². The van der Waals surface area contributed by atoms with E-state index in [0.29, 0.717) is 0 Å². The van der Waals surface area contributed by atoms with Crippen molar-refractivity contribution in [2.45, 2.75) is 24.4 Å². The molecule has 16 heavy (non-hydrogen) atoms. The highest BCUT2D eigenvalue weighted by Crippen LogP contribution is 2.06. The molecule has 0 saturated heterocycles. The molecule has 0 rings (SSSR count). The summed E-state index contributed by atoms with van der Waals surface area (Å²) in [6.07, 6.45) is -8.15. The quantitative estimate of drug-likeness (QED) is 0.243. The van der Waals surface area contributed by atoms with Crippen LogP contribution < -0.4 is 0 Å². The molecule has 0 heterocycles. The number of hydrogen-bond acceptors (Lipinski definition) is 8. The largest absolute Gasteiger partial charge is 0.394 e. The van der Waals surface area contributed by atoms with Crippen molar-refractivity contribution in [3.63, 3.8) is 0 Å². The van der Waals surface area contributed by atoms with Crippen LogP contribution in [0.4, 0.5) is 0 Å². The predicted octanol–water partition coefficient (Wildman–Crippen LogP) is -4.45. The van der Waals surface area contributed by atoms with Gasteiger partial charge in [-0.3, -0.25) is 9.59 Å². The van der Waals surface area contributed by atoms with Crippen LogP contribution in [-0.2, 0) is 9.59 Å². The Morgan fingerprint density at radius 3 is 1.81 bits per heavy atom. The van der Waals surface area contributed by atoms with Crippen LogP contribution in [0.15, 0.2) is 0 Å². The first kappa shape index (κ1) is 15.1. The Labute approximate surface area is 90.4 Å². The van der Waals surface area contributed by atoms with Crippen LogP contribution in [0.5, 0.6) is 0 Å². The van der Waals surface area contributed by atoms with Gasteiger partial charge in [0.05, 0.1) is 6.61 Å². The van der Waals surface area contributed by atoms with Gasteiger partial charge in [0.15, 0.2) is 0 Å². The number of carbonyl (C=O) groups excluding carboxylic acids is 2. The number of carbonyl (C=O) groups is 2. The molecule has 0 bridgehead atoms. The SMILES string of the molecule is O=C(CO)C(=O)[C@H](O)[C@@H](O)[C@H](O)[C@H](O)CO. The lowest BCUT2D eigenvalue weighted by Crippen LogP contribution is -2.50. The van der Waals surface area contributed by atoms with Gasteiger partial charge in [0.2, 0.25) is 11.6 Å². The van der Waals surface area contributed by atoms with E-state index < -0.39 is 49.2 Å². The van der Waals surface area contributed by atoms with Gasteiger partial charge >= 0.3 is 0 Å². The average molecular weight is 238 g/mol. The monoisotopic (exact) mass is 238 g/mol. The highest BCUT2D eigenvalue weighted by molar-refractivity contribution is 6.39. The Bertz CT molecular complexity index is 252. The Morgan fingerprint density at radius 1 is 0.938 bits per heavy atom. The molecule has 0 spiro atoms. The molecule has 0 aliphatic heterocycles. The van der Waals surface area contributed by atoms with Crippen LogP contribution in [0.25, 0.3) is 0 Å². The molecule has 0 aromatic heterocycles. The number of Topliss-reactive ketones (excluding diaryl/α,β-unsaturated/α-hetero) is 2. The normalized spacial score (nSPS) is 18.6. The van der Waals surface area contributed by atoms with Crippen LogP contribution in [0.1, 0.15) is 0 Å². The summed E-state index contributed by atoms with van der Waals surface area (Å²) in [6.45, 7) is -2.03. The van der Waals surface area contributed by atoms with Crippen LogP contribution >= 0.6 is 0 Å². The minimum Gasteiger partial charge on any atom is -0.394 e.